The summed E-state index contributed by atoms with van der Waals surface area (Å²) >= 11 is 1.24. The maximum Gasteiger partial charge on any atom is 0.417 e. The van der Waals surface area contributed by atoms with E-state index in [0.29, 0.717) is 16.2 Å². The first kappa shape index (κ1) is 12.9. The second-order valence-electron chi connectivity index (χ2n) is 4.05. The number of aromatic amines is 1. The number of anilines is 1. The molecule has 9 heteroatoms. The van der Waals surface area contributed by atoms with Gasteiger partial charge >= 0.3 is 5.76 Å². The molecular formula is C11H9N3O4S2. The second-order valence-corrected chi connectivity index (χ2v) is 6.97. The maximum atomic E-state index is 12.2. The van der Waals surface area contributed by atoms with Crippen LogP contribution in [0, 0.1) is 6.92 Å². The van der Waals surface area contributed by atoms with Gasteiger partial charge in [0.1, 0.15) is 0 Å². The lowest BCUT2D eigenvalue weighted by Crippen LogP contribution is -2.12. The van der Waals surface area contributed by atoms with Gasteiger partial charge in [0.2, 0.25) is 0 Å². The predicted octanol–water partition coefficient (Wildman–Crippen LogP) is 1.69. The highest BCUT2D eigenvalue weighted by Crippen LogP contribution is 2.22. The van der Waals surface area contributed by atoms with Crippen molar-refractivity contribution in [2.75, 3.05) is 4.72 Å². The SMILES string of the molecule is Cc1cnc(NS(=O)(=O)c2ccc3oc(=O)[nH]c3c2)s1. The number of oxazole rings is 1. The van der Waals surface area contributed by atoms with Gasteiger partial charge in [0.25, 0.3) is 10.0 Å². The first-order valence-electron chi connectivity index (χ1n) is 5.52. The minimum absolute atomic E-state index is 0.0231. The summed E-state index contributed by atoms with van der Waals surface area (Å²) in [4.78, 5) is 18.3. The van der Waals surface area contributed by atoms with Crippen molar-refractivity contribution < 1.29 is 12.8 Å². The van der Waals surface area contributed by atoms with Gasteiger partial charge in [0.05, 0.1) is 10.4 Å². The summed E-state index contributed by atoms with van der Waals surface area (Å²) in [6.45, 7) is 1.83. The molecule has 7 nitrogen and oxygen atoms in total. The molecule has 0 radical (unpaired) electrons. The number of H-pyrrole nitrogens is 1. The molecule has 0 atom stereocenters. The van der Waals surface area contributed by atoms with E-state index in [1.165, 1.54) is 29.5 Å². The topological polar surface area (TPSA) is 105 Å². The first-order chi connectivity index (χ1) is 9.44. The molecule has 0 aliphatic heterocycles. The molecule has 3 aromatic rings. The zero-order chi connectivity index (χ0) is 14.3. The largest absolute Gasteiger partial charge is 0.417 e. The van der Waals surface area contributed by atoms with Crippen LogP contribution in [0.5, 0.6) is 0 Å². The van der Waals surface area contributed by atoms with Gasteiger partial charge in [-0.1, -0.05) is 0 Å². The molecule has 0 aliphatic carbocycles. The number of rotatable bonds is 3. The summed E-state index contributed by atoms with van der Waals surface area (Å²) in [5.41, 5.74) is 0.632. The highest BCUT2D eigenvalue weighted by atomic mass is 32.2. The van der Waals surface area contributed by atoms with Crippen LogP contribution >= 0.6 is 11.3 Å². The van der Waals surface area contributed by atoms with Crippen LogP contribution in [0.25, 0.3) is 11.1 Å². The van der Waals surface area contributed by atoms with E-state index in [0.717, 1.165) is 4.88 Å². The van der Waals surface area contributed by atoms with Crippen LogP contribution in [0.15, 0.2) is 38.5 Å². The fraction of sp³-hybridized carbons (Fsp3) is 0.0909. The first-order valence-corrected chi connectivity index (χ1v) is 7.82. The Hall–Kier alpha value is -2.13. The van der Waals surface area contributed by atoms with Crippen LogP contribution in [0.2, 0.25) is 0 Å². The molecule has 0 aliphatic rings. The van der Waals surface area contributed by atoms with E-state index >= 15 is 0 Å². The zero-order valence-corrected chi connectivity index (χ0v) is 11.8. The molecule has 0 spiro atoms. The normalized spacial score (nSPS) is 11.8. The Morgan fingerprint density at radius 1 is 1.40 bits per heavy atom. The highest BCUT2D eigenvalue weighted by molar-refractivity contribution is 7.93. The molecule has 0 saturated heterocycles. The van der Waals surface area contributed by atoms with Gasteiger partial charge in [-0.3, -0.25) is 9.71 Å². The molecular weight excluding hydrogens is 302 g/mol. The number of aryl methyl sites for hydroxylation is 1. The van der Waals surface area contributed by atoms with E-state index in [9.17, 15) is 13.2 Å². The van der Waals surface area contributed by atoms with Crippen LogP contribution in [-0.2, 0) is 10.0 Å². The number of benzene rings is 1. The van der Waals surface area contributed by atoms with Crippen molar-refractivity contribution in [2.24, 2.45) is 0 Å². The van der Waals surface area contributed by atoms with Crippen molar-refractivity contribution in [1.29, 1.82) is 0 Å². The molecule has 0 fully saturated rings. The minimum atomic E-state index is -3.75. The lowest BCUT2D eigenvalue weighted by molar-refractivity contribution is 0.555. The number of nitrogens with one attached hydrogen (secondary N) is 2. The molecule has 3 rings (SSSR count). The lowest BCUT2D eigenvalue weighted by atomic mass is 10.3. The molecule has 2 heterocycles. The summed E-state index contributed by atoms with van der Waals surface area (Å²) in [7, 11) is -3.75. The Morgan fingerprint density at radius 2 is 2.20 bits per heavy atom. The summed E-state index contributed by atoms with van der Waals surface area (Å²) in [5.74, 6) is -0.627. The molecule has 2 aromatic heterocycles. The van der Waals surface area contributed by atoms with Crippen LogP contribution in [-0.4, -0.2) is 18.4 Å². The maximum absolute atomic E-state index is 12.2. The fourth-order valence-electron chi connectivity index (χ4n) is 1.67. The molecule has 0 bridgehead atoms. The number of hydrogen-bond donors (Lipinski definition) is 2. The molecule has 104 valence electrons. The van der Waals surface area contributed by atoms with E-state index < -0.39 is 15.8 Å². The van der Waals surface area contributed by atoms with Gasteiger partial charge in [-0.25, -0.2) is 18.2 Å². The number of nitrogens with zero attached hydrogens (tertiary/aromatic N) is 1. The second kappa shape index (κ2) is 4.46. The fourth-order valence-corrected chi connectivity index (χ4v) is 3.61. The Kier molecular flexibility index (Phi) is 2.87. The van der Waals surface area contributed by atoms with E-state index in [1.807, 2.05) is 6.92 Å². The Balaban J connectivity index is 2.01. The molecule has 2 N–H and O–H groups in total. The summed E-state index contributed by atoms with van der Waals surface area (Å²) in [6, 6.07) is 4.12. The van der Waals surface area contributed by atoms with Crippen molar-refractivity contribution in [3.63, 3.8) is 0 Å². The highest BCUT2D eigenvalue weighted by Gasteiger charge is 2.17. The van der Waals surface area contributed by atoms with Crippen LogP contribution in [0.3, 0.4) is 0 Å². The van der Waals surface area contributed by atoms with Gasteiger partial charge in [0.15, 0.2) is 10.7 Å². The average Bonchev–Trinajstić information content (AvgIpc) is 2.92. The predicted molar refractivity (Wildman–Crippen MR) is 74.5 cm³/mol. The Labute approximate surface area is 117 Å². The summed E-state index contributed by atoms with van der Waals surface area (Å²) in [5, 5.41) is 0.295. The van der Waals surface area contributed by atoms with E-state index in [-0.39, 0.29) is 4.90 Å². The Bertz CT molecular complexity index is 936. The summed E-state index contributed by atoms with van der Waals surface area (Å²) < 4.78 is 31.6. The van der Waals surface area contributed by atoms with E-state index in [2.05, 4.69) is 14.7 Å². The van der Waals surface area contributed by atoms with Crippen LogP contribution in [0.1, 0.15) is 4.88 Å². The van der Waals surface area contributed by atoms with Crippen molar-refractivity contribution in [3.8, 4) is 0 Å². The number of sulfonamides is 1. The van der Waals surface area contributed by atoms with Crippen LogP contribution < -0.4 is 10.5 Å². The number of thiazole rings is 1. The standard InChI is InChI=1S/C11H9N3O4S2/c1-6-5-12-10(19-6)14-20(16,17)7-2-3-9-8(4-7)13-11(15)18-9/h2-5H,1H3,(H,12,14)(H,13,15). The van der Waals surface area contributed by atoms with Gasteiger partial charge in [0, 0.05) is 11.1 Å². The molecule has 1 aromatic carbocycles. The lowest BCUT2D eigenvalue weighted by Gasteiger charge is -2.04. The van der Waals surface area contributed by atoms with Gasteiger partial charge in [-0.2, -0.15) is 0 Å². The third-order valence-electron chi connectivity index (χ3n) is 2.54. The van der Waals surface area contributed by atoms with Gasteiger partial charge in [-0.15, -0.1) is 11.3 Å². The zero-order valence-electron chi connectivity index (χ0n) is 10.2. The van der Waals surface area contributed by atoms with Crippen molar-refractivity contribution in [3.05, 3.63) is 39.8 Å². The van der Waals surface area contributed by atoms with E-state index in [1.54, 1.807) is 6.20 Å². The smallest absolute Gasteiger partial charge is 0.408 e. The number of fused-ring (bicyclic) bond motifs is 1. The third kappa shape index (κ3) is 2.32. The minimum Gasteiger partial charge on any atom is -0.408 e. The quantitative estimate of drug-likeness (QED) is 0.765. The monoisotopic (exact) mass is 311 g/mol. The molecule has 20 heavy (non-hydrogen) atoms. The average molecular weight is 311 g/mol. The number of hydrogen-bond acceptors (Lipinski definition) is 6. The Morgan fingerprint density at radius 3 is 2.90 bits per heavy atom. The van der Waals surface area contributed by atoms with Crippen LogP contribution in [0.4, 0.5) is 5.13 Å². The molecule has 0 amide bonds. The third-order valence-corrected chi connectivity index (χ3v) is 4.84. The van der Waals surface area contributed by atoms with Gasteiger partial charge in [-0.05, 0) is 25.1 Å². The van der Waals surface area contributed by atoms with Gasteiger partial charge < -0.3 is 4.42 Å². The summed E-state index contributed by atoms with van der Waals surface area (Å²) in [6.07, 6.45) is 1.58. The molecule has 0 saturated carbocycles. The van der Waals surface area contributed by atoms with E-state index in [4.69, 9.17) is 4.42 Å². The van der Waals surface area contributed by atoms with Crippen molar-refractivity contribution in [2.45, 2.75) is 11.8 Å². The number of aromatic nitrogens is 2. The molecule has 0 unspecified atom stereocenters. The van der Waals surface area contributed by atoms with Crippen molar-refractivity contribution >= 4 is 37.6 Å². The van der Waals surface area contributed by atoms with Crippen molar-refractivity contribution in [1.82, 2.24) is 9.97 Å².